The van der Waals surface area contributed by atoms with E-state index in [0.29, 0.717) is 11.7 Å². The molecule has 2 heterocycles. The number of rotatable bonds is 3. The molecule has 0 saturated carbocycles. The fourth-order valence-electron chi connectivity index (χ4n) is 2.56. The number of ether oxygens (including phenoxy) is 1. The van der Waals surface area contributed by atoms with Gasteiger partial charge in [-0.2, -0.15) is 0 Å². The van der Waals surface area contributed by atoms with Crippen molar-refractivity contribution in [2.45, 2.75) is 26.3 Å². The summed E-state index contributed by atoms with van der Waals surface area (Å²) in [6.07, 6.45) is 2.31. The van der Waals surface area contributed by atoms with E-state index in [4.69, 9.17) is 5.73 Å². The molecule has 0 aromatic carbocycles. The standard InChI is InChI=1S/C13H22N4O2/c1-9-15-11(13(18)19-3)12(14)17(9)8-10-4-6-16(2)7-5-10/h10H,4-8,14H2,1-3H3. The normalized spacial score (nSPS) is 17.6. The predicted octanol–water partition coefficient (Wildman–Crippen LogP) is 0.902. The highest BCUT2D eigenvalue weighted by Gasteiger charge is 2.23. The van der Waals surface area contributed by atoms with Gasteiger partial charge in [-0.05, 0) is 45.8 Å². The summed E-state index contributed by atoms with van der Waals surface area (Å²) < 4.78 is 6.62. The number of nitrogen functional groups attached to an aromatic ring is 1. The average molecular weight is 266 g/mol. The van der Waals surface area contributed by atoms with Crippen LogP contribution in [0.2, 0.25) is 0 Å². The number of aromatic nitrogens is 2. The second kappa shape index (κ2) is 5.61. The first-order valence-electron chi connectivity index (χ1n) is 6.62. The number of likely N-dealkylation sites (tertiary alicyclic amines) is 1. The summed E-state index contributed by atoms with van der Waals surface area (Å²) in [5.41, 5.74) is 6.24. The van der Waals surface area contributed by atoms with Gasteiger partial charge in [0.15, 0.2) is 5.69 Å². The van der Waals surface area contributed by atoms with Crippen LogP contribution in [0.1, 0.15) is 29.2 Å². The minimum atomic E-state index is -0.470. The van der Waals surface area contributed by atoms with Crippen molar-refractivity contribution in [2.75, 3.05) is 33.0 Å². The van der Waals surface area contributed by atoms with Gasteiger partial charge in [0, 0.05) is 6.54 Å². The first-order valence-corrected chi connectivity index (χ1v) is 6.62. The zero-order valence-electron chi connectivity index (χ0n) is 11.8. The maximum Gasteiger partial charge on any atom is 0.360 e. The maximum absolute atomic E-state index is 11.6. The summed E-state index contributed by atoms with van der Waals surface area (Å²) in [7, 11) is 3.48. The van der Waals surface area contributed by atoms with Crippen molar-refractivity contribution >= 4 is 11.8 Å². The quantitative estimate of drug-likeness (QED) is 0.823. The van der Waals surface area contributed by atoms with Crippen molar-refractivity contribution in [2.24, 2.45) is 5.92 Å². The van der Waals surface area contributed by atoms with Crippen LogP contribution in [-0.2, 0) is 11.3 Å². The molecular weight excluding hydrogens is 244 g/mol. The lowest BCUT2D eigenvalue weighted by atomic mass is 9.97. The number of nitrogens with two attached hydrogens (primary N) is 1. The monoisotopic (exact) mass is 266 g/mol. The van der Waals surface area contributed by atoms with E-state index in [1.807, 2.05) is 11.5 Å². The lowest BCUT2D eigenvalue weighted by molar-refractivity contribution is 0.0595. The van der Waals surface area contributed by atoms with Crippen molar-refractivity contribution in [1.82, 2.24) is 14.5 Å². The second-order valence-corrected chi connectivity index (χ2v) is 5.24. The van der Waals surface area contributed by atoms with Crippen molar-refractivity contribution in [3.63, 3.8) is 0 Å². The summed E-state index contributed by atoms with van der Waals surface area (Å²) in [6.45, 7) is 4.93. The largest absolute Gasteiger partial charge is 0.464 e. The molecule has 1 saturated heterocycles. The first-order chi connectivity index (χ1) is 9.02. The van der Waals surface area contributed by atoms with Gasteiger partial charge in [0.25, 0.3) is 0 Å². The smallest absolute Gasteiger partial charge is 0.360 e. The molecule has 0 aliphatic carbocycles. The first kappa shape index (κ1) is 13.9. The van der Waals surface area contributed by atoms with Gasteiger partial charge in [-0.25, -0.2) is 9.78 Å². The number of esters is 1. The van der Waals surface area contributed by atoms with Crippen molar-refractivity contribution in [1.29, 1.82) is 0 Å². The molecule has 1 aromatic heterocycles. The van der Waals surface area contributed by atoms with Crippen LogP contribution in [0.3, 0.4) is 0 Å². The molecule has 2 rings (SSSR count). The van der Waals surface area contributed by atoms with Crippen LogP contribution in [0, 0.1) is 12.8 Å². The molecule has 1 aliphatic rings. The van der Waals surface area contributed by atoms with Crippen molar-refractivity contribution in [3.05, 3.63) is 11.5 Å². The molecule has 2 N–H and O–H groups in total. The second-order valence-electron chi connectivity index (χ2n) is 5.24. The Kier molecular flexibility index (Phi) is 4.09. The zero-order valence-corrected chi connectivity index (χ0v) is 11.8. The van der Waals surface area contributed by atoms with E-state index >= 15 is 0 Å². The predicted molar refractivity (Wildman–Crippen MR) is 72.9 cm³/mol. The zero-order chi connectivity index (χ0) is 14.0. The molecule has 0 spiro atoms. The highest BCUT2D eigenvalue weighted by atomic mass is 16.5. The number of hydrogen-bond donors (Lipinski definition) is 1. The molecule has 1 fully saturated rings. The van der Waals surface area contributed by atoms with E-state index in [9.17, 15) is 4.79 Å². The number of imidazole rings is 1. The molecule has 6 heteroatoms. The Hall–Kier alpha value is -1.56. The van der Waals surface area contributed by atoms with E-state index < -0.39 is 5.97 Å². The fourth-order valence-corrected chi connectivity index (χ4v) is 2.56. The molecule has 0 amide bonds. The van der Waals surface area contributed by atoms with Gasteiger partial charge in [-0.1, -0.05) is 0 Å². The summed E-state index contributed by atoms with van der Waals surface area (Å²) in [5, 5.41) is 0. The molecule has 0 atom stereocenters. The summed E-state index contributed by atoms with van der Waals surface area (Å²) in [5.74, 6) is 1.32. The number of aryl methyl sites for hydroxylation is 1. The Morgan fingerprint density at radius 2 is 2.11 bits per heavy atom. The van der Waals surface area contributed by atoms with E-state index in [1.54, 1.807) is 0 Å². The maximum atomic E-state index is 11.6. The molecule has 106 valence electrons. The number of anilines is 1. The number of hydrogen-bond acceptors (Lipinski definition) is 5. The lowest BCUT2D eigenvalue weighted by Crippen LogP contribution is -2.32. The Morgan fingerprint density at radius 3 is 2.68 bits per heavy atom. The molecule has 1 aliphatic heterocycles. The van der Waals surface area contributed by atoms with E-state index in [0.717, 1.165) is 38.3 Å². The number of carbonyl (C=O) groups excluding carboxylic acids is 1. The highest BCUT2D eigenvalue weighted by molar-refractivity contribution is 5.92. The van der Waals surface area contributed by atoms with Gasteiger partial charge >= 0.3 is 5.97 Å². The van der Waals surface area contributed by atoms with Gasteiger partial charge in [0.05, 0.1) is 7.11 Å². The van der Waals surface area contributed by atoms with Crippen LogP contribution in [0.5, 0.6) is 0 Å². The fraction of sp³-hybridized carbons (Fsp3) is 0.692. The van der Waals surface area contributed by atoms with E-state index in [2.05, 4.69) is 21.7 Å². The molecule has 1 aromatic rings. The third-order valence-electron chi connectivity index (χ3n) is 3.86. The lowest BCUT2D eigenvalue weighted by Gasteiger charge is -2.29. The van der Waals surface area contributed by atoms with Gasteiger partial charge in [-0.15, -0.1) is 0 Å². The number of carbonyl (C=O) groups is 1. The average Bonchev–Trinajstić information content (AvgIpc) is 2.68. The molecule has 6 nitrogen and oxygen atoms in total. The third kappa shape index (κ3) is 2.89. The Bertz CT molecular complexity index is 461. The highest BCUT2D eigenvalue weighted by Crippen LogP contribution is 2.22. The van der Waals surface area contributed by atoms with Gasteiger partial charge in [0.2, 0.25) is 0 Å². The Balaban J connectivity index is 2.12. The molecule has 0 bridgehead atoms. The Morgan fingerprint density at radius 1 is 1.47 bits per heavy atom. The van der Waals surface area contributed by atoms with Crippen LogP contribution in [0.15, 0.2) is 0 Å². The minimum Gasteiger partial charge on any atom is -0.464 e. The Labute approximate surface area is 113 Å². The van der Waals surface area contributed by atoms with Crippen LogP contribution < -0.4 is 5.73 Å². The van der Waals surface area contributed by atoms with Gasteiger partial charge in [-0.3, -0.25) is 0 Å². The van der Waals surface area contributed by atoms with E-state index in [1.165, 1.54) is 7.11 Å². The van der Waals surface area contributed by atoms with Gasteiger partial charge in [0.1, 0.15) is 11.6 Å². The molecule has 19 heavy (non-hydrogen) atoms. The molecule has 0 radical (unpaired) electrons. The van der Waals surface area contributed by atoms with Crippen LogP contribution in [-0.4, -0.2) is 47.7 Å². The van der Waals surface area contributed by atoms with Gasteiger partial charge < -0.3 is 19.9 Å². The van der Waals surface area contributed by atoms with Crippen LogP contribution in [0.25, 0.3) is 0 Å². The summed E-state index contributed by atoms with van der Waals surface area (Å²) in [4.78, 5) is 18.1. The molecule has 0 unspecified atom stereocenters. The van der Waals surface area contributed by atoms with Crippen LogP contribution >= 0.6 is 0 Å². The number of piperidine rings is 1. The summed E-state index contributed by atoms with van der Waals surface area (Å²) >= 11 is 0. The minimum absolute atomic E-state index is 0.230. The van der Waals surface area contributed by atoms with Crippen molar-refractivity contribution in [3.8, 4) is 0 Å². The molecular formula is C13H22N4O2. The van der Waals surface area contributed by atoms with Crippen LogP contribution in [0.4, 0.5) is 5.82 Å². The topological polar surface area (TPSA) is 73.4 Å². The van der Waals surface area contributed by atoms with E-state index in [-0.39, 0.29) is 5.69 Å². The SMILES string of the molecule is COC(=O)c1nc(C)n(CC2CCN(C)CC2)c1N. The third-order valence-corrected chi connectivity index (χ3v) is 3.86. The number of methoxy groups -OCH3 is 1. The van der Waals surface area contributed by atoms with Crippen molar-refractivity contribution < 1.29 is 9.53 Å². The summed E-state index contributed by atoms with van der Waals surface area (Å²) in [6, 6.07) is 0. The number of nitrogens with zero attached hydrogens (tertiary/aromatic N) is 3.